The molecule has 0 amide bonds. The maximum atomic E-state index is 12.7. The van der Waals surface area contributed by atoms with Crippen molar-refractivity contribution in [2.24, 2.45) is 16.8 Å². The van der Waals surface area contributed by atoms with Gasteiger partial charge in [-0.05, 0) is 51.0 Å². The van der Waals surface area contributed by atoms with E-state index in [4.69, 9.17) is 14.5 Å². The van der Waals surface area contributed by atoms with Crippen LogP contribution in [-0.2, 0) is 9.47 Å². The number of rotatable bonds is 11. The van der Waals surface area contributed by atoms with Crippen LogP contribution in [0, 0.1) is 11.8 Å². The van der Waals surface area contributed by atoms with Gasteiger partial charge in [0.15, 0.2) is 5.96 Å². The number of nitrogens with zero attached hydrogens (tertiary/aromatic N) is 3. The average molecular weight is 437 g/mol. The summed E-state index contributed by atoms with van der Waals surface area (Å²) in [4.78, 5) is 8.38. The highest BCUT2D eigenvalue weighted by molar-refractivity contribution is 5.80. The van der Waals surface area contributed by atoms with E-state index in [1.807, 2.05) is 6.92 Å². The van der Waals surface area contributed by atoms with Gasteiger partial charge >= 0.3 is 6.18 Å². The van der Waals surface area contributed by atoms with Gasteiger partial charge in [0.05, 0.1) is 6.54 Å². The molecule has 1 unspecified atom stereocenters. The molecule has 0 aromatic carbocycles. The number of likely N-dealkylation sites (tertiary alicyclic amines) is 1. The monoisotopic (exact) mass is 436 g/mol. The second-order valence-corrected chi connectivity index (χ2v) is 8.26. The Bertz CT molecular complexity index is 499. The SMILES string of the molecule is CCNC(=NCCCOCC1CCOCC1)N1CCC(CN(CC)CC(F)(F)F)C1. The van der Waals surface area contributed by atoms with Gasteiger partial charge < -0.3 is 19.7 Å². The Morgan fingerprint density at radius 3 is 2.63 bits per heavy atom. The van der Waals surface area contributed by atoms with Crippen LogP contribution < -0.4 is 5.32 Å². The van der Waals surface area contributed by atoms with E-state index < -0.39 is 12.7 Å². The van der Waals surface area contributed by atoms with E-state index >= 15 is 0 Å². The highest BCUT2D eigenvalue weighted by Crippen LogP contribution is 2.21. The smallest absolute Gasteiger partial charge is 0.381 e. The Morgan fingerprint density at radius 1 is 1.20 bits per heavy atom. The van der Waals surface area contributed by atoms with E-state index in [2.05, 4.69) is 10.2 Å². The quantitative estimate of drug-likeness (QED) is 0.307. The Hall–Kier alpha value is -1.06. The van der Waals surface area contributed by atoms with Gasteiger partial charge in [0, 0.05) is 59.2 Å². The number of hydrogen-bond acceptors (Lipinski definition) is 4. The Labute approximate surface area is 179 Å². The predicted molar refractivity (Wildman–Crippen MR) is 113 cm³/mol. The lowest BCUT2D eigenvalue weighted by Gasteiger charge is -2.26. The first-order valence-corrected chi connectivity index (χ1v) is 11.4. The Balaban J connectivity index is 1.70. The lowest BCUT2D eigenvalue weighted by molar-refractivity contribution is -0.146. The molecular weight excluding hydrogens is 397 g/mol. The molecule has 1 atom stereocenters. The zero-order chi connectivity index (χ0) is 21.8. The van der Waals surface area contributed by atoms with Crippen molar-refractivity contribution in [1.82, 2.24) is 15.1 Å². The van der Waals surface area contributed by atoms with Crippen molar-refractivity contribution in [3.8, 4) is 0 Å². The molecule has 0 aromatic heterocycles. The van der Waals surface area contributed by atoms with Crippen LogP contribution in [0.1, 0.15) is 39.5 Å². The molecule has 0 saturated carbocycles. The first-order chi connectivity index (χ1) is 14.4. The molecule has 0 spiro atoms. The molecule has 9 heteroatoms. The van der Waals surface area contributed by atoms with E-state index in [0.717, 1.165) is 71.1 Å². The van der Waals surface area contributed by atoms with E-state index in [9.17, 15) is 13.2 Å². The van der Waals surface area contributed by atoms with Crippen LogP contribution in [0.5, 0.6) is 0 Å². The van der Waals surface area contributed by atoms with Gasteiger partial charge in [-0.25, -0.2) is 0 Å². The zero-order valence-electron chi connectivity index (χ0n) is 18.6. The fourth-order valence-electron chi connectivity index (χ4n) is 4.04. The summed E-state index contributed by atoms with van der Waals surface area (Å²) in [5.74, 6) is 1.71. The minimum atomic E-state index is -4.14. The third kappa shape index (κ3) is 9.83. The zero-order valence-corrected chi connectivity index (χ0v) is 18.6. The van der Waals surface area contributed by atoms with Gasteiger partial charge in [-0.2, -0.15) is 13.2 Å². The summed E-state index contributed by atoms with van der Waals surface area (Å²) in [6.07, 6.45) is -0.219. The summed E-state index contributed by atoms with van der Waals surface area (Å²) >= 11 is 0. The summed E-state index contributed by atoms with van der Waals surface area (Å²) < 4.78 is 49.3. The average Bonchev–Trinajstić information content (AvgIpc) is 3.17. The molecule has 2 rings (SSSR count). The van der Waals surface area contributed by atoms with Gasteiger partial charge in [0.25, 0.3) is 0 Å². The molecule has 0 aromatic rings. The third-order valence-electron chi connectivity index (χ3n) is 5.69. The van der Waals surface area contributed by atoms with Crippen molar-refractivity contribution < 1.29 is 22.6 Å². The van der Waals surface area contributed by atoms with Crippen LogP contribution in [0.25, 0.3) is 0 Å². The number of halogens is 3. The number of alkyl halides is 3. The summed E-state index contributed by atoms with van der Waals surface area (Å²) in [5, 5.41) is 3.32. The summed E-state index contributed by atoms with van der Waals surface area (Å²) in [6, 6.07) is 0. The largest absolute Gasteiger partial charge is 0.401 e. The van der Waals surface area contributed by atoms with Crippen molar-refractivity contribution in [3.63, 3.8) is 0 Å². The lowest BCUT2D eigenvalue weighted by atomic mass is 10.0. The van der Waals surface area contributed by atoms with Crippen molar-refractivity contribution in [2.45, 2.75) is 45.7 Å². The molecule has 1 N–H and O–H groups in total. The van der Waals surface area contributed by atoms with Gasteiger partial charge in [-0.1, -0.05) is 6.92 Å². The highest BCUT2D eigenvalue weighted by Gasteiger charge is 2.33. The molecule has 30 heavy (non-hydrogen) atoms. The van der Waals surface area contributed by atoms with Gasteiger partial charge in [0.1, 0.15) is 0 Å². The number of guanidine groups is 1. The van der Waals surface area contributed by atoms with Crippen LogP contribution in [0.15, 0.2) is 4.99 Å². The third-order valence-corrected chi connectivity index (χ3v) is 5.69. The van der Waals surface area contributed by atoms with Crippen LogP contribution >= 0.6 is 0 Å². The van der Waals surface area contributed by atoms with Gasteiger partial charge in [-0.3, -0.25) is 9.89 Å². The lowest BCUT2D eigenvalue weighted by Crippen LogP contribution is -2.42. The second kappa shape index (κ2) is 13.4. The van der Waals surface area contributed by atoms with Crippen molar-refractivity contribution >= 4 is 5.96 Å². The van der Waals surface area contributed by atoms with E-state index in [1.54, 1.807) is 6.92 Å². The molecule has 2 saturated heterocycles. The van der Waals surface area contributed by atoms with E-state index in [0.29, 0.717) is 32.2 Å². The molecule has 0 aliphatic carbocycles. The van der Waals surface area contributed by atoms with Crippen LogP contribution in [0.4, 0.5) is 13.2 Å². The van der Waals surface area contributed by atoms with Crippen molar-refractivity contribution in [2.75, 3.05) is 72.2 Å². The van der Waals surface area contributed by atoms with E-state index in [1.165, 1.54) is 4.90 Å². The molecular formula is C21H39F3N4O2. The number of hydrogen-bond donors (Lipinski definition) is 1. The molecule has 6 nitrogen and oxygen atoms in total. The molecule has 0 bridgehead atoms. The second-order valence-electron chi connectivity index (χ2n) is 8.26. The molecule has 176 valence electrons. The van der Waals surface area contributed by atoms with Crippen molar-refractivity contribution in [1.29, 1.82) is 0 Å². The van der Waals surface area contributed by atoms with Gasteiger partial charge in [0.2, 0.25) is 0 Å². The normalized spacial score (nSPS) is 21.6. The fourth-order valence-corrected chi connectivity index (χ4v) is 4.04. The first kappa shape index (κ1) is 25.2. The maximum Gasteiger partial charge on any atom is 0.401 e. The molecule has 0 radical (unpaired) electrons. The van der Waals surface area contributed by atoms with Crippen LogP contribution in [0.2, 0.25) is 0 Å². The summed E-state index contributed by atoms with van der Waals surface area (Å²) in [6.45, 7) is 10.1. The molecule has 2 fully saturated rings. The number of ether oxygens (including phenoxy) is 2. The maximum absolute atomic E-state index is 12.7. The number of nitrogens with one attached hydrogen (secondary N) is 1. The molecule has 2 heterocycles. The van der Waals surface area contributed by atoms with E-state index in [-0.39, 0.29) is 5.92 Å². The van der Waals surface area contributed by atoms with Gasteiger partial charge in [-0.15, -0.1) is 0 Å². The van der Waals surface area contributed by atoms with Crippen molar-refractivity contribution in [3.05, 3.63) is 0 Å². The summed E-state index contributed by atoms with van der Waals surface area (Å²) in [5.41, 5.74) is 0. The predicted octanol–water partition coefficient (Wildman–Crippen LogP) is 2.99. The van der Waals surface area contributed by atoms with Crippen LogP contribution in [-0.4, -0.2) is 94.2 Å². The topological polar surface area (TPSA) is 49.3 Å². The minimum Gasteiger partial charge on any atom is -0.381 e. The fraction of sp³-hybridized carbons (Fsp3) is 0.952. The van der Waals surface area contributed by atoms with Crippen LogP contribution in [0.3, 0.4) is 0 Å². The number of aliphatic imine (C=N–C) groups is 1. The molecule has 2 aliphatic rings. The standard InChI is InChI=1S/C21H39F3N4O2/c1-3-25-20(26-9-5-11-30-16-18-7-12-29-13-8-18)28-10-6-19(15-28)14-27(4-2)17-21(22,23)24/h18-19H,3-17H2,1-2H3,(H,25,26). The highest BCUT2D eigenvalue weighted by atomic mass is 19.4. The molecule has 2 aliphatic heterocycles. The Morgan fingerprint density at radius 2 is 1.97 bits per heavy atom. The Kier molecular flexibility index (Phi) is 11.2. The first-order valence-electron chi connectivity index (χ1n) is 11.4. The minimum absolute atomic E-state index is 0.235. The summed E-state index contributed by atoms with van der Waals surface area (Å²) in [7, 11) is 0.